The number of rotatable bonds is 6. The Morgan fingerprint density at radius 2 is 1.92 bits per heavy atom. The van der Waals surface area contributed by atoms with Crippen LogP contribution in [0.2, 0.25) is 0 Å². The van der Waals surface area contributed by atoms with E-state index in [2.05, 4.69) is 10.8 Å². The summed E-state index contributed by atoms with van der Waals surface area (Å²) >= 11 is 0. The lowest BCUT2D eigenvalue weighted by Gasteiger charge is -2.33. The minimum atomic E-state index is -3.79. The van der Waals surface area contributed by atoms with Crippen molar-refractivity contribution in [3.8, 4) is 5.75 Å². The maximum Gasteiger partial charge on any atom is 0.244 e. The third-order valence-electron chi connectivity index (χ3n) is 5.01. The van der Waals surface area contributed by atoms with Gasteiger partial charge in [-0.05, 0) is 48.1 Å². The van der Waals surface area contributed by atoms with Gasteiger partial charge < -0.3 is 9.84 Å². The van der Waals surface area contributed by atoms with Gasteiger partial charge in [-0.15, -0.1) is 0 Å². The van der Waals surface area contributed by atoms with E-state index in [-0.39, 0.29) is 11.4 Å². The molecule has 1 unspecified atom stereocenters. The van der Waals surface area contributed by atoms with E-state index < -0.39 is 15.6 Å². The van der Waals surface area contributed by atoms with Gasteiger partial charge in [-0.1, -0.05) is 37.3 Å². The average Bonchev–Trinajstić information content (AvgIpc) is 2.66. The number of hydrogen-bond donors (Lipinski definition) is 2. The first-order valence-electron chi connectivity index (χ1n) is 8.82. The highest BCUT2D eigenvalue weighted by molar-refractivity contribution is 7.89. The predicted octanol–water partition coefficient (Wildman–Crippen LogP) is 2.46. The number of nitrogens with one attached hydrogen (secondary N) is 1. The summed E-state index contributed by atoms with van der Waals surface area (Å²) < 4.78 is 33.4. The van der Waals surface area contributed by atoms with Crippen molar-refractivity contribution >= 4 is 10.0 Å². The van der Waals surface area contributed by atoms with Crippen LogP contribution in [0.25, 0.3) is 0 Å². The highest BCUT2D eigenvalue weighted by Crippen LogP contribution is 2.30. The summed E-state index contributed by atoms with van der Waals surface area (Å²) in [6.45, 7) is 1.94. The molecule has 1 aliphatic carbocycles. The van der Waals surface area contributed by atoms with E-state index in [9.17, 15) is 13.5 Å². The molecule has 2 aromatic carbocycles. The molecule has 0 aromatic heterocycles. The fourth-order valence-corrected chi connectivity index (χ4v) is 4.73. The fourth-order valence-electron chi connectivity index (χ4n) is 3.39. The smallest absolute Gasteiger partial charge is 0.244 e. The van der Waals surface area contributed by atoms with Crippen LogP contribution >= 0.6 is 0 Å². The van der Waals surface area contributed by atoms with Crippen molar-refractivity contribution in [2.24, 2.45) is 0 Å². The molecule has 140 valence electrons. The normalized spacial score (nSPS) is 19.8. The number of methoxy groups -OCH3 is 1. The summed E-state index contributed by atoms with van der Waals surface area (Å²) in [5.74, 6) is 0.302. The molecule has 0 amide bonds. The Balaban J connectivity index is 1.79. The first-order valence-corrected chi connectivity index (χ1v) is 10.3. The molecule has 0 saturated heterocycles. The largest absolute Gasteiger partial charge is 0.495 e. The maximum atomic E-state index is 12.8. The highest BCUT2D eigenvalue weighted by Gasteiger charge is 2.34. The Morgan fingerprint density at radius 3 is 2.62 bits per heavy atom. The molecule has 6 heteroatoms. The van der Waals surface area contributed by atoms with Gasteiger partial charge in [0.15, 0.2) is 0 Å². The molecule has 0 bridgehead atoms. The molecule has 0 heterocycles. The van der Waals surface area contributed by atoms with Crippen molar-refractivity contribution in [3.63, 3.8) is 0 Å². The first-order chi connectivity index (χ1) is 12.4. The monoisotopic (exact) mass is 375 g/mol. The van der Waals surface area contributed by atoms with Gasteiger partial charge in [0, 0.05) is 13.0 Å². The fraction of sp³-hybridized carbons (Fsp3) is 0.400. The second kappa shape index (κ2) is 7.39. The van der Waals surface area contributed by atoms with Crippen LogP contribution in [0.4, 0.5) is 0 Å². The molecule has 1 atom stereocenters. The molecule has 1 aliphatic rings. The van der Waals surface area contributed by atoms with Gasteiger partial charge in [0.1, 0.15) is 10.6 Å². The first kappa shape index (κ1) is 18.9. The van der Waals surface area contributed by atoms with Crippen molar-refractivity contribution in [1.29, 1.82) is 0 Å². The highest BCUT2D eigenvalue weighted by atomic mass is 32.2. The van der Waals surface area contributed by atoms with Gasteiger partial charge in [0.05, 0.1) is 12.7 Å². The van der Waals surface area contributed by atoms with Crippen LogP contribution in [-0.2, 0) is 29.3 Å². The molecule has 5 nitrogen and oxygen atoms in total. The second-order valence-corrected chi connectivity index (χ2v) is 8.57. The summed E-state index contributed by atoms with van der Waals surface area (Å²) in [5, 5.41) is 10.9. The molecular weight excluding hydrogens is 350 g/mol. The average molecular weight is 375 g/mol. The lowest BCUT2D eigenvalue weighted by atomic mass is 9.80. The number of hydrogen-bond acceptors (Lipinski definition) is 4. The Kier molecular flexibility index (Phi) is 5.37. The van der Waals surface area contributed by atoms with Crippen molar-refractivity contribution in [2.45, 2.75) is 43.1 Å². The molecule has 2 N–H and O–H groups in total. The van der Waals surface area contributed by atoms with Crippen molar-refractivity contribution < 1.29 is 18.3 Å². The lowest BCUT2D eigenvalue weighted by Crippen LogP contribution is -2.46. The molecule has 2 aromatic rings. The number of fused-ring (bicyclic) bond motifs is 1. The van der Waals surface area contributed by atoms with Gasteiger partial charge in [0.2, 0.25) is 10.0 Å². The van der Waals surface area contributed by atoms with E-state index in [4.69, 9.17) is 4.74 Å². The Morgan fingerprint density at radius 1 is 1.19 bits per heavy atom. The molecule has 0 radical (unpaired) electrons. The van der Waals surface area contributed by atoms with Crippen molar-refractivity contribution in [3.05, 3.63) is 59.2 Å². The second-order valence-electron chi connectivity index (χ2n) is 6.83. The number of aliphatic hydroxyl groups is 1. The molecule has 0 aliphatic heterocycles. The van der Waals surface area contributed by atoms with E-state index in [1.165, 1.54) is 12.7 Å². The zero-order valence-corrected chi connectivity index (χ0v) is 16.0. The molecule has 0 saturated carbocycles. The molecular formula is C20H25NO4S. The van der Waals surface area contributed by atoms with E-state index in [0.29, 0.717) is 18.6 Å². The topological polar surface area (TPSA) is 75.6 Å². The maximum absolute atomic E-state index is 12.8. The minimum Gasteiger partial charge on any atom is -0.495 e. The lowest BCUT2D eigenvalue weighted by molar-refractivity contribution is 0.0317. The summed E-state index contributed by atoms with van der Waals surface area (Å²) in [5.41, 5.74) is 2.12. The van der Waals surface area contributed by atoms with Gasteiger partial charge >= 0.3 is 0 Å². The summed E-state index contributed by atoms with van der Waals surface area (Å²) in [4.78, 5) is 0.110. The SMILES string of the molecule is CCc1ccc(OC)c(S(=O)(=O)NCC2(O)CCc3ccccc3C2)c1. The number of sulfonamides is 1. The molecule has 26 heavy (non-hydrogen) atoms. The third-order valence-corrected chi connectivity index (χ3v) is 6.44. The third kappa shape index (κ3) is 3.92. The summed E-state index contributed by atoms with van der Waals surface area (Å²) in [6.07, 6.45) is 2.44. The number of ether oxygens (including phenoxy) is 1. The van der Waals surface area contributed by atoms with Crippen LogP contribution in [0.3, 0.4) is 0 Å². The van der Waals surface area contributed by atoms with Crippen molar-refractivity contribution in [1.82, 2.24) is 4.72 Å². The van der Waals surface area contributed by atoms with Crippen LogP contribution in [-0.4, -0.2) is 32.8 Å². The summed E-state index contributed by atoms with van der Waals surface area (Å²) in [7, 11) is -2.34. The number of benzene rings is 2. The van der Waals surface area contributed by atoms with Gasteiger partial charge in [0.25, 0.3) is 0 Å². The number of aryl methyl sites for hydroxylation is 2. The van der Waals surface area contributed by atoms with Crippen LogP contribution in [0.1, 0.15) is 30.0 Å². The zero-order chi connectivity index (χ0) is 18.8. The van der Waals surface area contributed by atoms with Crippen LogP contribution in [0, 0.1) is 0 Å². The molecule has 3 rings (SSSR count). The van der Waals surface area contributed by atoms with E-state index in [1.54, 1.807) is 12.1 Å². The van der Waals surface area contributed by atoms with Gasteiger partial charge in [-0.2, -0.15) is 0 Å². The van der Waals surface area contributed by atoms with Crippen LogP contribution in [0.5, 0.6) is 5.75 Å². The van der Waals surface area contributed by atoms with E-state index in [0.717, 1.165) is 24.0 Å². The predicted molar refractivity (Wildman–Crippen MR) is 101 cm³/mol. The Hall–Kier alpha value is -1.89. The molecule has 0 fully saturated rings. The quantitative estimate of drug-likeness (QED) is 0.813. The minimum absolute atomic E-state index is 0.0246. The zero-order valence-electron chi connectivity index (χ0n) is 15.2. The Bertz CT molecular complexity index is 894. The van der Waals surface area contributed by atoms with Crippen LogP contribution < -0.4 is 9.46 Å². The van der Waals surface area contributed by atoms with Gasteiger partial charge in [-0.25, -0.2) is 13.1 Å². The molecule has 0 spiro atoms. The van der Waals surface area contributed by atoms with Crippen molar-refractivity contribution in [2.75, 3.05) is 13.7 Å². The standard InChI is InChI=1S/C20H25NO4S/c1-3-15-8-9-18(25-2)19(12-15)26(23,24)21-14-20(22)11-10-16-6-4-5-7-17(16)13-20/h4-9,12,21-22H,3,10-11,13-14H2,1-2H3. The van der Waals surface area contributed by atoms with Gasteiger partial charge in [-0.3, -0.25) is 0 Å². The van der Waals surface area contributed by atoms with E-state index >= 15 is 0 Å². The Labute approximate surface area is 155 Å². The summed E-state index contributed by atoms with van der Waals surface area (Å²) in [6, 6.07) is 13.1. The van der Waals surface area contributed by atoms with E-state index in [1.807, 2.05) is 31.2 Å². The van der Waals surface area contributed by atoms with Crippen LogP contribution in [0.15, 0.2) is 47.4 Å².